The average Bonchev–Trinajstić information content (AvgIpc) is 2.89. The van der Waals surface area contributed by atoms with E-state index in [9.17, 15) is 9.36 Å². The van der Waals surface area contributed by atoms with Crippen LogP contribution >= 0.6 is 7.60 Å². The molecular weight excluding hydrogens is 317 g/mol. The number of hydrogen-bond donors (Lipinski definition) is 3. The van der Waals surface area contributed by atoms with E-state index in [0.717, 1.165) is 16.5 Å². The number of benzene rings is 2. The quantitative estimate of drug-likeness (QED) is 0.616. The number of aromatic nitrogens is 2. The van der Waals surface area contributed by atoms with Crippen molar-refractivity contribution in [2.75, 3.05) is 0 Å². The van der Waals surface area contributed by atoms with E-state index in [1.54, 1.807) is 41.2 Å². The van der Waals surface area contributed by atoms with E-state index in [0.29, 0.717) is 12.1 Å². The van der Waals surface area contributed by atoms with Crippen molar-refractivity contribution in [2.24, 2.45) is 5.73 Å². The van der Waals surface area contributed by atoms with Crippen molar-refractivity contribution in [1.82, 2.24) is 9.78 Å². The van der Waals surface area contributed by atoms with Crippen molar-refractivity contribution in [1.29, 1.82) is 0 Å². The van der Waals surface area contributed by atoms with E-state index in [1.807, 2.05) is 0 Å². The third-order valence-corrected chi connectivity index (χ3v) is 4.50. The number of nitrogens with zero attached hydrogens (tertiary/aromatic N) is 2. The first-order valence-electron chi connectivity index (χ1n) is 6.75. The molecule has 2 aromatic carbocycles. The van der Waals surface area contributed by atoms with Crippen molar-refractivity contribution >= 4 is 29.7 Å². The second-order valence-electron chi connectivity index (χ2n) is 5.15. The standard InChI is InChI=1S/C15H14N3O4P/c16-15(19)11-3-6-14-12(7-11)8-17-18(14)9-10-1-4-13(5-2-10)23(20,21)22/h1-8H,9H2,(H2,16,19)(H2,20,21,22). The normalized spacial score (nSPS) is 11.7. The van der Waals surface area contributed by atoms with Crippen LogP contribution in [0.15, 0.2) is 48.7 Å². The Bertz CT molecular complexity index is 928. The number of primary amides is 1. The number of hydrogen-bond acceptors (Lipinski definition) is 3. The maximum atomic E-state index is 11.2. The van der Waals surface area contributed by atoms with Gasteiger partial charge < -0.3 is 15.5 Å². The van der Waals surface area contributed by atoms with Crippen LogP contribution in [0.25, 0.3) is 10.9 Å². The van der Waals surface area contributed by atoms with E-state index in [2.05, 4.69) is 5.10 Å². The number of carbonyl (C=O) groups excluding carboxylic acids is 1. The van der Waals surface area contributed by atoms with Crippen LogP contribution in [0.1, 0.15) is 15.9 Å². The Morgan fingerprint density at radius 3 is 2.48 bits per heavy atom. The van der Waals surface area contributed by atoms with Crippen LogP contribution in [-0.2, 0) is 11.1 Å². The molecule has 0 aliphatic rings. The molecule has 4 N–H and O–H groups in total. The largest absolute Gasteiger partial charge is 0.366 e. The maximum absolute atomic E-state index is 11.2. The van der Waals surface area contributed by atoms with Crippen molar-refractivity contribution < 1.29 is 19.1 Å². The zero-order valence-electron chi connectivity index (χ0n) is 12.0. The first-order valence-corrected chi connectivity index (χ1v) is 8.36. The summed E-state index contributed by atoms with van der Waals surface area (Å²) in [6, 6.07) is 11.2. The summed E-state index contributed by atoms with van der Waals surface area (Å²) in [5.41, 5.74) is 7.37. The van der Waals surface area contributed by atoms with Gasteiger partial charge >= 0.3 is 7.60 Å². The molecule has 1 amide bonds. The fourth-order valence-corrected chi connectivity index (χ4v) is 2.87. The minimum atomic E-state index is -4.23. The van der Waals surface area contributed by atoms with Crippen LogP contribution in [0.5, 0.6) is 0 Å². The molecule has 23 heavy (non-hydrogen) atoms. The van der Waals surface area contributed by atoms with Crippen LogP contribution in [0.2, 0.25) is 0 Å². The second-order valence-corrected chi connectivity index (χ2v) is 6.75. The molecule has 0 radical (unpaired) electrons. The summed E-state index contributed by atoms with van der Waals surface area (Å²) in [7, 11) is -4.23. The van der Waals surface area contributed by atoms with E-state index in [4.69, 9.17) is 15.5 Å². The Morgan fingerprint density at radius 2 is 1.87 bits per heavy atom. The number of nitrogens with two attached hydrogens (primary N) is 1. The molecule has 0 saturated carbocycles. The third-order valence-electron chi connectivity index (χ3n) is 3.53. The molecule has 0 atom stereocenters. The molecule has 8 heteroatoms. The van der Waals surface area contributed by atoms with Crippen LogP contribution in [0, 0.1) is 0 Å². The monoisotopic (exact) mass is 331 g/mol. The van der Waals surface area contributed by atoms with Crippen molar-refractivity contribution in [3.05, 3.63) is 59.8 Å². The van der Waals surface area contributed by atoms with Gasteiger partial charge in [0.2, 0.25) is 5.91 Å². The Labute approximate surface area is 131 Å². The topological polar surface area (TPSA) is 118 Å². The lowest BCUT2D eigenvalue weighted by molar-refractivity contribution is 0.100. The molecular formula is C15H14N3O4P. The summed E-state index contributed by atoms with van der Waals surface area (Å²) >= 11 is 0. The molecule has 1 heterocycles. The van der Waals surface area contributed by atoms with E-state index >= 15 is 0 Å². The molecule has 7 nitrogen and oxygen atoms in total. The molecule has 1 aromatic heterocycles. The Morgan fingerprint density at radius 1 is 1.17 bits per heavy atom. The van der Waals surface area contributed by atoms with E-state index in [-0.39, 0.29) is 5.30 Å². The zero-order chi connectivity index (χ0) is 16.6. The summed E-state index contributed by atoms with van der Waals surface area (Å²) in [6.07, 6.45) is 1.64. The van der Waals surface area contributed by atoms with Gasteiger partial charge in [0, 0.05) is 10.9 Å². The minimum Gasteiger partial charge on any atom is -0.366 e. The zero-order valence-corrected chi connectivity index (χ0v) is 12.9. The van der Waals surface area contributed by atoms with E-state index < -0.39 is 13.5 Å². The summed E-state index contributed by atoms with van der Waals surface area (Å²) in [5.74, 6) is -0.493. The molecule has 118 valence electrons. The molecule has 0 saturated heterocycles. The number of carbonyl (C=O) groups is 1. The molecule has 3 rings (SSSR count). The van der Waals surface area contributed by atoms with Crippen molar-refractivity contribution in [3.63, 3.8) is 0 Å². The van der Waals surface area contributed by atoms with Crippen LogP contribution < -0.4 is 11.0 Å². The smallest absolute Gasteiger partial charge is 0.356 e. The predicted molar refractivity (Wildman–Crippen MR) is 85.5 cm³/mol. The molecule has 0 fully saturated rings. The Hall–Kier alpha value is -2.47. The lowest BCUT2D eigenvalue weighted by Gasteiger charge is -2.07. The van der Waals surface area contributed by atoms with E-state index in [1.165, 1.54) is 12.1 Å². The van der Waals surface area contributed by atoms with Gasteiger partial charge in [0.25, 0.3) is 0 Å². The molecule has 0 aliphatic heterocycles. The highest BCUT2D eigenvalue weighted by Crippen LogP contribution is 2.32. The second kappa shape index (κ2) is 5.62. The third kappa shape index (κ3) is 3.17. The lowest BCUT2D eigenvalue weighted by atomic mass is 10.1. The fraction of sp³-hybridized carbons (Fsp3) is 0.0667. The van der Waals surface area contributed by atoms with Gasteiger partial charge in [0.1, 0.15) is 0 Å². The lowest BCUT2D eigenvalue weighted by Crippen LogP contribution is -2.10. The van der Waals surface area contributed by atoms with Gasteiger partial charge in [-0.1, -0.05) is 12.1 Å². The van der Waals surface area contributed by atoms with Crippen LogP contribution in [0.3, 0.4) is 0 Å². The van der Waals surface area contributed by atoms with Gasteiger partial charge in [0.15, 0.2) is 0 Å². The molecule has 0 spiro atoms. The van der Waals surface area contributed by atoms with Gasteiger partial charge in [-0.2, -0.15) is 5.10 Å². The summed E-state index contributed by atoms with van der Waals surface area (Å²) < 4.78 is 12.9. The highest BCUT2D eigenvalue weighted by atomic mass is 31.2. The van der Waals surface area contributed by atoms with Gasteiger partial charge in [-0.05, 0) is 35.9 Å². The predicted octanol–water partition coefficient (Wildman–Crippen LogP) is 0.986. The van der Waals surface area contributed by atoms with Crippen LogP contribution in [-0.4, -0.2) is 25.5 Å². The highest BCUT2D eigenvalue weighted by Gasteiger charge is 2.16. The Kier molecular flexibility index (Phi) is 3.77. The van der Waals surface area contributed by atoms with Gasteiger partial charge in [0.05, 0.1) is 23.6 Å². The highest BCUT2D eigenvalue weighted by molar-refractivity contribution is 7.60. The average molecular weight is 331 g/mol. The maximum Gasteiger partial charge on any atom is 0.356 e. The van der Waals surface area contributed by atoms with Crippen LogP contribution in [0.4, 0.5) is 0 Å². The molecule has 0 bridgehead atoms. The van der Waals surface area contributed by atoms with Crippen molar-refractivity contribution in [2.45, 2.75) is 6.54 Å². The number of amides is 1. The molecule has 0 unspecified atom stereocenters. The SMILES string of the molecule is NC(=O)c1ccc2c(cnn2Cc2ccc(P(=O)(O)O)cc2)c1. The molecule has 3 aromatic rings. The van der Waals surface area contributed by atoms with Gasteiger partial charge in [-0.3, -0.25) is 14.0 Å². The number of fused-ring (bicyclic) bond motifs is 1. The first kappa shape index (κ1) is 15.4. The van der Waals surface area contributed by atoms with Gasteiger partial charge in [-0.25, -0.2) is 0 Å². The van der Waals surface area contributed by atoms with Crippen molar-refractivity contribution in [3.8, 4) is 0 Å². The summed E-state index contributed by atoms with van der Waals surface area (Å²) in [5, 5.41) is 5.06. The fourth-order valence-electron chi connectivity index (χ4n) is 2.33. The minimum absolute atomic E-state index is 0.0160. The van der Waals surface area contributed by atoms with Gasteiger partial charge in [-0.15, -0.1) is 0 Å². The Balaban J connectivity index is 1.90. The summed E-state index contributed by atoms with van der Waals surface area (Å²) in [4.78, 5) is 29.4. The molecule has 0 aliphatic carbocycles. The summed E-state index contributed by atoms with van der Waals surface area (Å²) in [6.45, 7) is 0.445. The first-order chi connectivity index (χ1) is 10.8. The number of rotatable bonds is 4.